The Bertz CT molecular complexity index is 1280. The van der Waals surface area contributed by atoms with Crippen LogP contribution in [0.3, 0.4) is 0 Å². The maximum atomic E-state index is 14.4. The molecule has 0 bridgehead atoms. The number of halogens is 1. The Morgan fingerprint density at radius 2 is 2.11 bits per heavy atom. The van der Waals surface area contributed by atoms with E-state index in [2.05, 4.69) is 25.9 Å². The highest BCUT2D eigenvalue weighted by Crippen LogP contribution is 2.46. The summed E-state index contributed by atoms with van der Waals surface area (Å²) in [5.41, 5.74) is 10.1. The van der Waals surface area contributed by atoms with Crippen molar-refractivity contribution in [2.24, 2.45) is 0 Å². The van der Waals surface area contributed by atoms with Crippen LogP contribution in [0.1, 0.15) is 34.5 Å². The van der Waals surface area contributed by atoms with Crippen LogP contribution in [-0.4, -0.2) is 55.8 Å². The fourth-order valence-electron chi connectivity index (χ4n) is 5.13. The summed E-state index contributed by atoms with van der Waals surface area (Å²) in [4.78, 5) is 21.1. The third-order valence-corrected chi connectivity index (χ3v) is 7.08. The van der Waals surface area contributed by atoms with Crippen molar-refractivity contribution in [3.63, 3.8) is 0 Å². The lowest BCUT2D eigenvalue weighted by Gasteiger charge is -2.40. The zero-order valence-electron chi connectivity index (χ0n) is 20.5. The molecule has 0 aliphatic carbocycles. The molecule has 3 aromatic rings. The highest BCUT2D eigenvalue weighted by atomic mass is 19.1. The summed E-state index contributed by atoms with van der Waals surface area (Å²) >= 11 is 0. The van der Waals surface area contributed by atoms with Crippen molar-refractivity contribution in [3.8, 4) is 17.0 Å². The van der Waals surface area contributed by atoms with Crippen LogP contribution in [0.25, 0.3) is 11.3 Å². The number of carbonyl (C=O) groups excluding carboxylic acids is 1. The highest BCUT2D eigenvalue weighted by Gasteiger charge is 2.44. The number of rotatable bonds is 7. The third kappa shape index (κ3) is 4.16. The van der Waals surface area contributed by atoms with Crippen molar-refractivity contribution in [2.45, 2.75) is 25.2 Å². The first-order chi connectivity index (χ1) is 17.4. The van der Waals surface area contributed by atoms with Gasteiger partial charge in [-0.2, -0.15) is 0 Å². The summed E-state index contributed by atoms with van der Waals surface area (Å²) in [7, 11) is 1.59. The summed E-state index contributed by atoms with van der Waals surface area (Å²) in [5.74, 6) is 0.0928. The van der Waals surface area contributed by atoms with E-state index in [0.717, 1.165) is 31.6 Å². The second-order valence-corrected chi connectivity index (χ2v) is 9.32. The Kier molecular flexibility index (Phi) is 6.55. The first-order valence-corrected chi connectivity index (χ1v) is 12.1. The molecule has 10 heteroatoms. The van der Waals surface area contributed by atoms with Gasteiger partial charge in [0.1, 0.15) is 12.4 Å². The summed E-state index contributed by atoms with van der Waals surface area (Å²) in [6, 6.07) is 6.63. The third-order valence-electron chi connectivity index (χ3n) is 7.08. The Hall–Kier alpha value is -3.63. The largest absolute Gasteiger partial charge is 0.487 e. The normalized spacial score (nSPS) is 19.1. The average molecular weight is 495 g/mol. The molecule has 0 unspecified atom stereocenters. The number of nitrogens with zero attached hydrogens (tertiary/aromatic N) is 1. The summed E-state index contributed by atoms with van der Waals surface area (Å²) in [5, 5.41) is 9.93. The van der Waals surface area contributed by atoms with Gasteiger partial charge in [0.25, 0.3) is 5.91 Å². The second-order valence-electron chi connectivity index (χ2n) is 9.32. The summed E-state index contributed by atoms with van der Waals surface area (Å²) in [6.45, 7) is 4.55. The number of anilines is 3. The molecule has 1 saturated heterocycles. The standard InChI is InChI=1S/C26H31FN6O3/c1-15-17(27)5-3-6-18(15)32-21-19-23(26(14-31-25(19)34)8-4-9-29-13-26)33-20(21)16-7-10-30-24(28)22(16)36-12-11-35-2/h3,5-7,10,29,32-33H,4,8-9,11-14H2,1-2H3,(H2,28,30)(H,31,34)/t26-/m1/s1. The number of pyridine rings is 1. The highest BCUT2D eigenvalue weighted by molar-refractivity contribution is 6.07. The van der Waals surface area contributed by atoms with E-state index in [1.54, 1.807) is 38.4 Å². The van der Waals surface area contributed by atoms with Gasteiger partial charge in [0.15, 0.2) is 11.6 Å². The van der Waals surface area contributed by atoms with E-state index in [1.165, 1.54) is 6.07 Å². The number of nitrogens with two attached hydrogens (primary N) is 1. The number of H-pyrrole nitrogens is 1. The van der Waals surface area contributed by atoms with Crippen LogP contribution in [0.15, 0.2) is 30.5 Å². The molecule has 1 spiro atoms. The number of fused-ring (bicyclic) bond motifs is 2. The van der Waals surface area contributed by atoms with Crippen molar-refractivity contribution < 1.29 is 18.7 Å². The van der Waals surface area contributed by atoms with Gasteiger partial charge in [-0.05, 0) is 44.5 Å². The van der Waals surface area contributed by atoms with Crippen molar-refractivity contribution in [3.05, 3.63) is 53.1 Å². The minimum atomic E-state index is -0.333. The van der Waals surface area contributed by atoms with Crippen LogP contribution in [0.5, 0.6) is 5.75 Å². The maximum Gasteiger partial charge on any atom is 0.255 e. The van der Waals surface area contributed by atoms with Gasteiger partial charge in [-0.1, -0.05) is 6.07 Å². The fraction of sp³-hybridized carbons (Fsp3) is 0.385. The van der Waals surface area contributed by atoms with Crippen LogP contribution in [0.2, 0.25) is 0 Å². The molecule has 1 fully saturated rings. The number of carbonyl (C=O) groups is 1. The molecule has 0 saturated carbocycles. The summed E-state index contributed by atoms with van der Waals surface area (Å²) < 4.78 is 25.5. The molecule has 6 N–H and O–H groups in total. The Labute approximate surface area is 209 Å². The molecular formula is C26H31FN6O3. The van der Waals surface area contributed by atoms with E-state index < -0.39 is 0 Å². The number of hydrogen-bond acceptors (Lipinski definition) is 7. The van der Waals surface area contributed by atoms with Gasteiger partial charge in [0.05, 0.1) is 23.6 Å². The maximum absolute atomic E-state index is 14.4. The quantitative estimate of drug-likeness (QED) is 0.319. The molecule has 2 aromatic heterocycles. The first kappa shape index (κ1) is 24.1. The minimum absolute atomic E-state index is 0.191. The Morgan fingerprint density at radius 1 is 1.25 bits per heavy atom. The van der Waals surface area contributed by atoms with Crippen LogP contribution >= 0.6 is 0 Å². The van der Waals surface area contributed by atoms with E-state index >= 15 is 0 Å². The number of aromatic amines is 1. The molecule has 9 nitrogen and oxygen atoms in total. The summed E-state index contributed by atoms with van der Waals surface area (Å²) in [6.07, 6.45) is 3.51. The number of piperidine rings is 1. The molecule has 0 radical (unpaired) electrons. The number of benzene rings is 1. The smallest absolute Gasteiger partial charge is 0.255 e. The van der Waals surface area contributed by atoms with Gasteiger partial charge >= 0.3 is 0 Å². The topological polar surface area (TPSA) is 126 Å². The lowest BCUT2D eigenvalue weighted by Crippen LogP contribution is -2.54. The fourth-order valence-corrected chi connectivity index (χ4v) is 5.13. The zero-order chi connectivity index (χ0) is 25.3. The minimum Gasteiger partial charge on any atom is -0.487 e. The van der Waals surface area contributed by atoms with Crippen molar-refractivity contribution in [2.75, 3.05) is 51.0 Å². The first-order valence-electron chi connectivity index (χ1n) is 12.1. The average Bonchev–Trinajstić information content (AvgIpc) is 3.27. The monoisotopic (exact) mass is 494 g/mol. The van der Waals surface area contributed by atoms with Crippen LogP contribution in [-0.2, 0) is 10.2 Å². The number of aromatic nitrogens is 2. The van der Waals surface area contributed by atoms with Crippen LogP contribution in [0.4, 0.5) is 21.6 Å². The van der Waals surface area contributed by atoms with Crippen molar-refractivity contribution in [1.82, 2.24) is 20.6 Å². The van der Waals surface area contributed by atoms with E-state index in [4.69, 9.17) is 15.2 Å². The molecule has 1 amide bonds. The van der Waals surface area contributed by atoms with Gasteiger partial charge in [-0.25, -0.2) is 9.37 Å². The molecule has 5 rings (SSSR count). The van der Waals surface area contributed by atoms with Gasteiger partial charge in [-0.15, -0.1) is 0 Å². The molecule has 1 atom stereocenters. The van der Waals surface area contributed by atoms with E-state index in [-0.39, 0.29) is 29.6 Å². The number of methoxy groups -OCH3 is 1. The lowest BCUT2D eigenvalue weighted by molar-refractivity contribution is 0.0916. The van der Waals surface area contributed by atoms with Gasteiger partial charge in [-0.3, -0.25) is 4.79 Å². The van der Waals surface area contributed by atoms with Crippen molar-refractivity contribution >= 4 is 23.1 Å². The van der Waals surface area contributed by atoms with E-state index in [9.17, 15) is 9.18 Å². The SMILES string of the molecule is COCCOc1c(-c2[nH]c3c(c2Nc2cccc(F)c2C)C(=O)NC[C@]32CCCNC2)ccnc1N. The molecular weight excluding hydrogens is 463 g/mol. The number of nitrogen functional groups attached to an aromatic ring is 1. The van der Waals surface area contributed by atoms with Crippen LogP contribution in [0, 0.1) is 12.7 Å². The predicted octanol–water partition coefficient (Wildman–Crippen LogP) is 3.24. The molecule has 4 heterocycles. The molecule has 2 aliphatic rings. The van der Waals surface area contributed by atoms with Gasteiger partial charge in [0, 0.05) is 54.3 Å². The Balaban J connectivity index is 1.72. The molecule has 190 valence electrons. The Morgan fingerprint density at radius 3 is 2.89 bits per heavy atom. The van der Waals surface area contributed by atoms with E-state index in [1.807, 2.05) is 0 Å². The van der Waals surface area contributed by atoms with E-state index in [0.29, 0.717) is 52.7 Å². The zero-order valence-corrected chi connectivity index (χ0v) is 20.5. The number of nitrogens with one attached hydrogen (secondary N) is 4. The van der Waals surface area contributed by atoms with Crippen LogP contribution < -0.4 is 26.4 Å². The lowest BCUT2D eigenvalue weighted by atomic mass is 9.74. The van der Waals surface area contributed by atoms with Gasteiger partial charge in [0.2, 0.25) is 0 Å². The second kappa shape index (κ2) is 9.79. The predicted molar refractivity (Wildman–Crippen MR) is 136 cm³/mol. The molecule has 1 aromatic carbocycles. The van der Waals surface area contributed by atoms with Gasteiger partial charge < -0.3 is 36.1 Å². The molecule has 36 heavy (non-hydrogen) atoms. The number of amides is 1. The number of ether oxygens (including phenoxy) is 2. The molecule has 2 aliphatic heterocycles. The van der Waals surface area contributed by atoms with Crippen molar-refractivity contribution in [1.29, 1.82) is 0 Å². The number of hydrogen-bond donors (Lipinski definition) is 5.